The Labute approximate surface area is 288 Å². The quantitative estimate of drug-likeness (QED) is 0.181. The van der Waals surface area contributed by atoms with Gasteiger partial charge in [-0.3, -0.25) is 24.1 Å². The summed E-state index contributed by atoms with van der Waals surface area (Å²) in [6, 6.07) is 29.4. The monoisotopic (exact) mass is 659 g/mol. The zero-order valence-electron chi connectivity index (χ0n) is 30.7. The molecule has 1 heterocycles. The summed E-state index contributed by atoms with van der Waals surface area (Å²) in [7, 11) is 0. The van der Waals surface area contributed by atoms with Crippen molar-refractivity contribution in [2.45, 2.75) is 101 Å². The third kappa shape index (κ3) is 13.1. The van der Waals surface area contributed by atoms with Crippen molar-refractivity contribution in [1.29, 1.82) is 0 Å². The van der Waals surface area contributed by atoms with Crippen molar-refractivity contribution in [2.24, 2.45) is 22.7 Å². The highest BCUT2D eigenvalue weighted by molar-refractivity contribution is 6.21. The average Bonchev–Trinajstić information content (AvgIpc) is 3.30. The topological polar surface area (TPSA) is 101 Å². The summed E-state index contributed by atoms with van der Waals surface area (Å²) in [5.74, 6) is -0.761. The molecule has 4 rings (SSSR count). The van der Waals surface area contributed by atoms with Crippen molar-refractivity contribution in [3.8, 4) is 0 Å². The van der Waals surface area contributed by atoms with Gasteiger partial charge < -0.3 is 9.84 Å². The third-order valence-electron chi connectivity index (χ3n) is 9.08. The van der Waals surface area contributed by atoms with Gasteiger partial charge in [-0.1, -0.05) is 120 Å². The fourth-order valence-corrected chi connectivity index (χ4v) is 4.01. The van der Waals surface area contributed by atoms with E-state index >= 15 is 0 Å². The number of esters is 1. The van der Waals surface area contributed by atoms with Crippen molar-refractivity contribution in [3.63, 3.8) is 0 Å². The van der Waals surface area contributed by atoms with Gasteiger partial charge in [-0.15, -0.1) is 0 Å². The smallest absolute Gasteiger partial charge is 0.311 e. The van der Waals surface area contributed by atoms with E-state index in [1.54, 1.807) is 39.8 Å². The number of rotatable bonds is 9. The number of hydrogen-bond acceptors (Lipinski definition) is 5. The second-order valence-electron chi connectivity index (χ2n) is 13.5. The Bertz CT molecular complexity index is 1380. The van der Waals surface area contributed by atoms with Gasteiger partial charge in [0.25, 0.3) is 0 Å². The number of para-hydroxylation sites is 1. The molecular formula is C41H57NO6. The van der Waals surface area contributed by atoms with E-state index in [-0.39, 0.29) is 35.0 Å². The van der Waals surface area contributed by atoms with Crippen LogP contribution < -0.4 is 4.90 Å². The maximum absolute atomic E-state index is 11.8. The van der Waals surface area contributed by atoms with E-state index in [0.717, 1.165) is 12.0 Å². The van der Waals surface area contributed by atoms with Gasteiger partial charge in [0.05, 0.1) is 16.5 Å². The zero-order chi connectivity index (χ0) is 36.5. The van der Waals surface area contributed by atoms with Crippen LogP contribution in [0.4, 0.5) is 5.69 Å². The molecule has 3 aromatic rings. The van der Waals surface area contributed by atoms with E-state index in [4.69, 9.17) is 9.84 Å². The van der Waals surface area contributed by atoms with Gasteiger partial charge >= 0.3 is 11.9 Å². The number of carbonyl (C=O) groups is 4. The molecule has 262 valence electrons. The van der Waals surface area contributed by atoms with Crippen molar-refractivity contribution >= 4 is 29.4 Å². The molecular weight excluding hydrogens is 602 g/mol. The molecule has 1 aliphatic heterocycles. The molecule has 1 saturated heterocycles. The fourth-order valence-electron chi connectivity index (χ4n) is 4.01. The summed E-state index contributed by atoms with van der Waals surface area (Å²) >= 11 is 0. The molecule has 1 fully saturated rings. The first-order chi connectivity index (χ1) is 22.5. The number of carboxylic acids is 1. The van der Waals surface area contributed by atoms with Crippen LogP contribution >= 0.6 is 0 Å². The molecule has 0 radical (unpaired) electrons. The van der Waals surface area contributed by atoms with Gasteiger partial charge in [-0.05, 0) is 76.1 Å². The Morgan fingerprint density at radius 2 is 1.15 bits per heavy atom. The predicted molar refractivity (Wildman–Crippen MR) is 194 cm³/mol. The molecule has 1 aliphatic rings. The van der Waals surface area contributed by atoms with Crippen LogP contribution in [-0.2, 0) is 30.5 Å². The van der Waals surface area contributed by atoms with Gasteiger partial charge in [0.15, 0.2) is 0 Å². The lowest BCUT2D eigenvalue weighted by Gasteiger charge is -2.20. The van der Waals surface area contributed by atoms with E-state index in [1.165, 1.54) is 16.9 Å². The molecule has 0 aromatic heterocycles. The first-order valence-electron chi connectivity index (χ1n) is 17.0. The highest BCUT2D eigenvalue weighted by Gasteiger charge is 2.42. The molecule has 0 saturated carbocycles. The number of carbonyl (C=O) groups excluding carboxylic acids is 3. The number of amides is 2. The molecule has 7 nitrogen and oxygen atoms in total. The van der Waals surface area contributed by atoms with Crippen molar-refractivity contribution in [2.75, 3.05) is 4.90 Å². The number of nitrogens with zero attached hydrogens (tertiary/aromatic N) is 1. The van der Waals surface area contributed by atoms with E-state index in [0.29, 0.717) is 24.6 Å². The second-order valence-corrected chi connectivity index (χ2v) is 13.5. The van der Waals surface area contributed by atoms with Crippen molar-refractivity contribution in [1.82, 2.24) is 0 Å². The number of anilines is 1. The molecule has 3 atom stereocenters. The summed E-state index contributed by atoms with van der Waals surface area (Å²) in [6.45, 7) is 19.5. The minimum Gasteiger partial charge on any atom is -0.481 e. The van der Waals surface area contributed by atoms with Crippen LogP contribution in [0.2, 0.25) is 0 Å². The molecule has 3 aromatic carbocycles. The van der Waals surface area contributed by atoms with Crippen molar-refractivity contribution < 1.29 is 29.0 Å². The maximum Gasteiger partial charge on any atom is 0.311 e. The number of aliphatic carboxylic acids is 1. The van der Waals surface area contributed by atoms with Gasteiger partial charge in [-0.25, -0.2) is 0 Å². The SMILES string of the molecule is CC1C(=O)N(c2ccccc2)C(=O)C1C.CCC(C)(C)C(=O)O.CCC(C)(C)C(=O)OCc1ccccc1.CCC(C)c1ccccc1. The highest BCUT2D eigenvalue weighted by atomic mass is 16.5. The van der Waals surface area contributed by atoms with E-state index in [1.807, 2.05) is 76.2 Å². The highest BCUT2D eigenvalue weighted by Crippen LogP contribution is 2.30. The van der Waals surface area contributed by atoms with E-state index < -0.39 is 11.4 Å². The Kier molecular flexibility index (Phi) is 17.6. The largest absolute Gasteiger partial charge is 0.481 e. The van der Waals surface area contributed by atoms with Gasteiger partial charge in [-0.2, -0.15) is 0 Å². The molecule has 0 aliphatic carbocycles. The number of ether oxygens (including phenoxy) is 1. The Balaban J connectivity index is 0.000000331. The number of hydrogen-bond donors (Lipinski definition) is 1. The number of benzene rings is 3. The summed E-state index contributed by atoms with van der Waals surface area (Å²) in [6.07, 6.45) is 2.70. The first kappa shape index (κ1) is 41.8. The van der Waals surface area contributed by atoms with Crippen LogP contribution in [-0.4, -0.2) is 28.9 Å². The van der Waals surface area contributed by atoms with Crippen LogP contribution in [0.5, 0.6) is 0 Å². The van der Waals surface area contributed by atoms with Crippen LogP contribution in [0.25, 0.3) is 0 Å². The van der Waals surface area contributed by atoms with Crippen molar-refractivity contribution in [3.05, 3.63) is 102 Å². The summed E-state index contributed by atoms with van der Waals surface area (Å²) < 4.78 is 5.24. The second kappa shape index (κ2) is 20.2. The lowest BCUT2D eigenvalue weighted by Crippen LogP contribution is -2.30. The Morgan fingerprint density at radius 3 is 1.52 bits per heavy atom. The van der Waals surface area contributed by atoms with Crippen LogP contribution in [0, 0.1) is 22.7 Å². The van der Waals surface area contributed by atoms with Gasteiger partial charge in [0.2, 0.25) is 11.8 Å². The first-order valence-corrected chi connectivity index (χ1v) is 17.0. The van der Waals surface area contributed by atoms with E-state index in [9.17, 15) is 19.2 Å². The fraction of sp³-hybridized carbons (Fsp3) is 0.463. The minimum absolute atomic E-state index is 0.0984. The number of carboxylic acid groups (broad SMARTS) is 1. The molecule has 0 spiro atoms. The predicted octanol–water partition coefficient (Wildman–Crippen LogP) is 9.71. The molecule has 2 amide bonds. The van der Waals surface area contributed by atoms with Crippen LogP contribution in [0.3, 0.4) is 0 Å². The lowest BCUT2D eigenvalue weighted by atomic mass is 9.91. The number of imide groups is 1. The van der Waals surface area contributed by atoms with Crippen LogP contribution in [0.15, 0.2) is 91.0 Å². The minimum atomic E-state index is -0.722. The summed E-state index contributed by atoms with van der Waals surface area (Å²) in [5, 5.41) is 8.44. The summed E-state index contributed by atoms with van der Waals surface area (Å²) in [5.41, 5.74) is 2.22. The molecule has 48 heavy (non-hydrogen) atoms. The maximum atomic E-state index is 11.8. The van der Waals surface area contributed by atoms with Gasteiger partial charge in [0.1, 0.15) is 6.61 Å². The normalized spacial score (nSPS) is 16.2. The summed E-state index contributed by atoms with van der Waals surface area (Å²) in [4.78, 5) is 46.8. The standard InChI is InChI=1S/C13H18O2.C12H13NO2.C10H14.C6H12O2/c1-4-13(2,3)12(14)15-10-11-8-6-5-7-9-11;1-8-9(2)12(15)13(11(8)14)10-6-4-3-5-7-10;1-3-9(2)10-7-5-4-6-8-10;1-4-6(2,3)5(7)8/h5-9H,4,10H2,1-3H3;3-9H,1-2H3;4-9H,3H2,1-2H3;4H2,1-3H3,(H,7,8). The Morgan fingerprint density at radius 1 is 0.729 bits per heavy atom. The zero-order valence-corrected chi connectivity index (χ0v) is 30.7. The van der Waals surface area contributed by atoms with E-state index in [2.05, 4.69) is 44.2 Å². The third-order valence-corrected chi connectivity index (χ3v) is 9.08. The molecule has 1 N–H and O–H groups in total. The molecule has 0 bridgehead atoms. The lowest BCUT2D eigenvalue weighted by molar-refractivity contribution is -0.155. The molecule has 3 unspecified atom stereocenters. The Hall–Kier alpha value is -4.26. The average molecular weight is 660 g/mol. The molecule has 7 heteroatoms. The van der Waals surface area contributed by atoms with Crippen LogP contribution in [0.1, 0.15) is 106 Å². The van der Waals surface area contributed by atoms with Gasteiger partial charge in [0, 0.05) is 11.8 Å².